The topological polar surface area (TPSA) is 95.7 Å². The molecule has 2 amide bonds. The third-order valence-corrected chi connectivity index (χ3v) is 7.04. The van der Waals surface area contributed by atoms with Crippen molar-refractivity contribution in [2.24, 2.45) is 23.2 Å². The second-order valence-electron chi connectivity index (χ2n) is 9.23. The van der Waals surface area contributed by atoms with E-state index in [1.165, 1.54) is 19.3 Å². The molecule has 2 aromatic heterocycles. The quantitative estimate of drug-likeness (QED) is 0.695. The molecule has 156 valence electrons. The molecule has 1 unspecified atom stereocenters. The van der Waals surface area contributed by atoms with Gasteiger partial charge in [-0.1, -0.05) is 19.9 Å². The van der Waals surface area contributed by atoms with Gasteiger partial charge in [-0.2, -0.15) is 0 Å². The normalized spacial score (nSPS) is 25.9. The third-order valence-electron chi connectivity index (χ3n) is 7.04. The number of aliphatic hydroxyl groups excluding tert-OH is 1. The van der Waals surface area contributed by atoms with E-state index in [9.17, 15) is 14.7 Å². The second-order valence-corrected chi connectivity index (χ2v) is 9.23. The van der Waals surface area contributed by atoms with E-state index in [0.717, 1.165) is 5.92 Å². The first kappa shape index (κ1) is 19.9. The highest BCUT2D eigenvalue weighted by Gasteiger charge is 2.53. The third kappa shape index (κ3) is 3.64. The van der Waals surface area contributed by atoms with Crippen LogP contribution in [0.15, 0.2) is 24.4 Å². The van der Waals surface area contributed by atoms with E-state index in [0.29, 0.717) is 35.1 Å². The number of aromatic nitrogens is 2. The number of pyridine rings is 1. The summed E-state index contributed by atoms with van der Waals surface area (Å²) in [5.74, 6) is 1.54. The van der Waals surface area contributed by atoms with Crippen molar-refractivity contribution in [1.82, 2.24) is 20.0 Å². The highest BCUT2D eigenvalue weighted by molar-refractivity contribution is 5.95. The molecule has 29 heavy (non-hydrogen) atoms. The Morgan fingerprint density at radius 3 is 2.76 bits per heavy atom. The first-order valence-electron chi connectivity index (χ1n) is 10.5. The van der Waals surface area contributed by atoms with Gasteiger partial charge in [-0.3, -0.25) is 14.0 Å². The zero-order valence-electron chi connectivity index (χ0n) is 17.3. The number of hydrogen-bond acceptors (Lipinski definition) is 4. The van der Waals surface area contributed by atoms with Crippen molar-refractivity contribution in [3.63, 3.8) is 0 Å². The van der Waals surface area contributed by atoms with E-state index in [2.05, 4.69) is 29.5 Å². The fraction of sp³-hybridized carbons (Fsp3) is 0.591. The average molecular weight is 399 g/mol. The van der Waals surface area contributed by atoms with Gasteiger partial charge in [-0.05, 0) is 61.5 Å². The number of nitrogens with zero attached hydrogens (tertiary/aromatic N) is 2. The van der Waals surface area contributed by atoms with Gasteiger partial charge in [-0.15, -0.1) is 0 Å². The SMILES string of the molecule is CC(O)CNC(=O)c1cn2c(C(=O)NC[C@@H]3CC[C@H]4C[C@@H]3C4(C)C)cccc2n1. The van der Waals surface area contributed by atoms with Crippen LogP contribution in [0.2, 0.25) is 0 Å². The van der Waals surface area contributed by atoms with Crippen LogP contribution in [0.25, 0.3) is 5.65 Å². The van der Waals surface area contributed by atoms with E-state index >= 15 is 0 Å². The lowest BCUT2D eigenvalue weighted by Crippen LogP contribution is -2.54. The number of rotatable bonds is 6. The predicted octanol–water partition coefficient (Wildman–Crippen LogP) is 2.25. The fourth-order valence-corrected chi connectivity index (χ4v) is 5.16. The molecule has 3 N–H and O–H groups in total. The molecule has 7 nitrogen and oxygen atoms in total. The van der Waals surface area contributed by atoms with E-state index in [4.69, 9.17) is 0 Å². The molecule has 3 aliphatic carbocycles. The van der Waals surface area contributed by atoms with Crippen LogP contribution in [-0.2, 0) is 0 Å². The summed E-state index contributed by atoms with van der Waals surface area (Å²) in [7, 11) is 0. The van der Waals surface area contributed by atoms with E-state index in [-0.39, 0.29) is 24.1 Å². The molecule has 3 fully saturated rings. The number of imidazole rings is 1. The number of carbonyl (C=O) groups is 2. The molecule has 0 aromatic carbocycles. The molecule has 5 rings (SSSR count). The van der Waals surface area contributed by atoms with Crippen LogP contribution < -0.4 is 10.6 Å². The summed E-state index contributed by atoms with van der Waals surface area (Å²) < 4.78 is 1.65. The number of aliphatic hydroxyl groups is 1. The lowest BCUT2D eigenvalue weighted by atomic mass is 9.45. The maximum atomic E-state index is 12.9. The highest BCUT2D eigenvalue weighted by atomic mass is 16.3. The van der Waals surface area contributed by atoms with E-state index < -0.39 is 6.10 Å². The second kappa shape index (κ2) is 7.44. The van der Waals surface area contributed by atoms with Crippen LogP contribution in [0.4, 0.5) is 0 Å². The zero-order valence-corrected chi connectivity index (χ0v) is 17.3. The maximum absolute atomic E-state index is 12.9. The molecule has 2 heterocycles. The monoisotopic (exact) mass is 398 g/mol. The minimum atomic E-state index is -0.631. The summed E-state index contributed by atoms with van der Waals surface area (Å²) in [6, 6.07) is 5.28. The van der Waals surface area contributed by atoms with Gasteiger partial charge < -0.3 is 15.7 Å². The summed E-state index contributed by atoms with van der Waals surface area (Å²) in [6.45, 7) is 7.15. The average Bonchev–Trinajstić information content (AvgIpc) is 3.14. The zero-order chi connectivity index (χ0) is 20.8. The first-order chi connectivity index (χ1) is 13.8. The number of hydrogen-bond donors (Lipinski definition) is 3. The maximum Gasteiger partial charge on any atom is 0.271 e. The van der Waals surface area contributed by atoms with Crippen molar-refractivity contribution in [1.29, 1.82) is 0 Å². The lowest BCUT2D eigenvalue weighted by Gasteiger charge is -2.60. The Morgan fingerprint density at radius 1 is 1.28 bits per heavy atom. The molecule has 0 spiro atoms. The molecule has 2 aromatic rings. The Hall–Kier alpha value is -2.41. The van der Waals surface area contributed by atoms with Crippen LogP contribution in [0.3, 0.4) is 0 Å². The Bertz CT molecular complexity index is 931. The molecule has 0 aliphatic heterocycles. The standard InChI is InChI=1S/C22H30N4O3/c1-13(27)10-23-20(28)17-12-26-18(5-4-6-19(26)25-17)21(29)24-11-14-7-8-15-9-16(14)22(15,2)3/h4-6,12-16,27H,7-11H2,1-3H3,(H,23,28)(H,24,29)/t13?,14-,15-,16-/m0/s1. The minimum Gasteiger partial charge on any atom is -0.392 e. The van der Waals surface area contributed by atoms with E-state index in [1.54, 1.807) is 35.7 Å². The molecule has 2 bridgehead atoms. The van der Waals surface area contributed by atoms with Gasteiger partial charge in [0.15, 0.2) is 0 Å². The van der Waals surface area contributed by atoms with Gasteiger partial charge >= 0.3 is 0 Å². The molecule has 0 saturated heterocycles. The van der Waals surface area contributed by atoms with Crippen molar-refractivity contribution in [2.45, 2.75) is 46.1 Å². The highest BCUT2D eigenvalue weighted by Crippen LogP contribution is 2.61. The van der Waals surface area contributed by atoms with E-state index in [1.807, 2.05) is 0 Å². The molecule has 3 saturated carbocycles. The molecule has 0 radical (unpaired) electrons. The van der Waals surface area contributed by atoms with Crippen molar-refractivity contribution >= 4 is 17.5 Å². The van der Waals surface area contributed by atoms with Gasteiger partial charge in [-0.25, -0.2) is 4.98 Å². The minimum absolute atomic E-state index is 0.150. The van der Waals surface area contributed by atoms with Gasteiger partial charge in [0.1, 0.15) is 17.0 Å². The van der Waals surface area contributed by atoms with Gasteiger partial charge in [0.2, 0.25) is 0 Å². The Kier molecular flexibility index (Phi) is 5.11. The molecular weight excluding hydrogens is 368 g/mol. The van der Waals surface area contributed by atoms with Crippen molar-refractivity contribution in [3.8, 4) is 0 Å². The Labute approximate surface area is 170 Å². The van der Waals surface area contributed by atoms with Gasteiger partial charge in [0.05, 0.1) is 6.10 Å². The van der Waals surface area contributed by atoms with Crippen LogP contribution in [-0.4, -0.2) is 45.5 Å². The first-order valence-corrected chi connectivity index (χ1v) is 10.5. The van der Waals surface area contributed by atoms with Gasteiger partial charge in [0, 0.05) is 19.3 Å². The lowest BCUT2D eigenvalue weighted by molar-refractivity contribution is -0.103. The predicted molar refractivity (Wildman–Crippen MR) is 110 cm³/mol. The van der Waals surface area contributed by atoms with Crippen molar-refractivity contribution in [2.75, 3.05) is 13.1 Å². The Morgan fingerprint density at radius 2 is 2.07 bits per heavy atom. The fourth-order valence-electron chi connectivity index (χ4n) is 5.16. The summed E-state index contributed by atoms with van der Waals surface area (Å²) in [6.07, 6.45) is 4.67. The summed E-state index contributed by atoms with van der Waals surface area (Å²) >= 11 is 0. The number of amides is 2. The number of fused-ring (bicyclic) bond motifs is 3. The summed E-state index contributed by atoms with van der Waals surface area (Å²) in [5, 5.41) is 15.1. The molecular formula is C22H30N4O3. The van der Waals surface area contributed by atoms with Gasteiger partial charge in [0.25, 0.3) is 11.8 Å². The van der Waals surface area contributed by atoms with Crippen LogP contribution in [0.5, 0.6) is 0 Å². The van der Waals surface area contributed by atoms with Crippen LogP contribution in [0, 0.1) is 23.2 Å². The largest absolute Gasteiger partial charge is 0.392 e. The summed E-state index contributed by atoms with van der Waals surface area (Å²) in [4.78, 5) is 29.4. The number of nitrogens with one attached hydrogen (secondary N) is 2. The smallest absolute Gasteiger partial charge is 0.271 e. The van der Waals surface area contributed by atoms with Crippen molar-refractivity contribution < 1.29 is 14.7 Å². The molecule has 3 aliphatic rings. The summed E-state index contributed by atoms with van der Waals surface area (Å²) in [5.41, 5.74) is 1.62. The molecule has 4 atom stereocenters. The van der Waals surface area contributed by atoms with Crippen LogP contribution in [0.1, 0.15) is 61.0 Å². The molecule has 7 heteroatoms. The number of carbonyl (C=O) groups excluding carboxylic acids is 2. The van der Waals surface area contributed by atoms with Crippen LogP contribution >= 0.6 is 0 Å². The van der Waals surface area contributed by atoms with Crippen molar-refractivity contribution in [3.05, 3.63) is 35.8 Å². The Balaban J connectivity index is 1.45.